The first-order chi connectivity index (χ1) is 7.79. The van der Waals surface area contributed by atoms with Crippen LogP contribution < -0.4 is 5.56 Å². The zero-order valence-corrected chi connectivity index (χ0v) is 8.27. The van der Waals surface area contributed by atoms with Crippen molar-refractivity contribution in [3.8, 4) is 0 Å². The number of hydrogen-bond acceptors (Lipinski definition) is 5. The van der Waals surface area contributed by atoms with Crippen molar-refractivity contribution in [2.75, 3.05) is 6.61 Å². The third-order valence-corrected chi connectivity index (χ3v) is 2.00. The number of H-pyrrole nitrogens is 1. The first-order valence-corrected chi connectivity index (χ1v) is 4.40. The highest BCUT2D eigenvalue weighted by molar-refractivity contribution is 5.22. The largest absolute Gasteiger partial charge is 0.433 e. The average Bonchev–Trinajstić information content (AvgIpc) is 2.25. The Hall–Kier alpha value is -1.45. The molecule has 2 unspecified atom stereocenters. The molecule has 0 fully saturated rings. The predicted molar refractivity (Wildman–Crippen MR) is 47.9 cm³/mol. The van der Waals surface area contributed by atoms with Crippen LogP contribution >= 0.6 is 0 Å². The van der Waals surface area contributed by atoms with Gasteiger partial charge in [-0.3, -0.25) is 4.79 Å². The normalized spacial score (nSPS) is 15.6. The lowest BCUT2D eigenvalue weighted by Crippen LogP contribution is -2.32. The molecule has 0 saturated carbocycles. The maximum absolute atomic E-state index is 12.5. The standard InChI is InChI=1S/C8H9F3N2O4/c9-8(10,11)6-4(5(16)3(15)1-14)7(17)13-2-12-6/h2-3,5,14-16H,1H2,(H,12,13,17). The molecule has 17 heavy (non-hydrogen) atoms. The summed E-state index contributed by atoms with van der Waals surface area (Å²) >= 11 is 0. The van der Waals surface area contributed by atoms with Gasteiger partial charge in [0.15, 0.2) is 5.69 Å². The third-order valence-electron chi connectivity index (χ3n) is 2.00. The monoisotopic (exact) mass is 254 g/mol. The molecule has 1 aromatic heterocycles. The van der Waals surface area contributed by atoms with Crippen molar-refractivity contribution >= 4 is 0 Å². The number of aromatic amines is 1. The Morgan fingerprint density at radius 2 is 2.00 bits per heavy atom. The number of rotatable bonds is 3. The molecule has 0 aliphatic heterocycles. The van der Waals surface area contributed by atoms with Gasteiger partial charge in [-0.15, -0.1) is 0 Å². The zero-order valence-electron chi connectivity index (χ0n) is 8.27. The molecule has 6 nitrogen and oxygen atoms in total. The Labute approximate surface area is 92.4 Å². The molecule has 2 atom stereocenters. The van der Waals surface area contributed by atoms with Crippen LogP contribution in [-0.2, 0) is 6.18 Å². The molecule has 0 spiro atoms. The molecule has 9 heteroatoms. The number of aliphatic hydroxyl groups is 3. The fraction of sp³-hybridized carbons (Fsp3) is 0.500. The highest BCUT2D eigenvalue weighted by Gasteiger charge is 2.39. The van der Waals surface area contributed by atoms with Crippen LogP contribution in [0.1, 0.15) is 17.4 Å². The molecule has 0 bridgehead atoms. The Morgan fingerprint density at radius 1 is 1.41 bits per heavy atom. The van der Waals surface area contributed by atoms with Crippen LogP contribution in [0.4, 0.5) is 13.2 Å². The van der Waals surface area contributed by atoms with E-state index in [4.69, 9.17) is 10.2 Å². The van der Waals surface area contributed by atoms with E-state index in [1.807, 2.05) is 4.98 Å². The van der Waals surface area contributed by atoms with Crippen LogP contribution in [0.5, 0.6) is 0 Å². The number of aromatic nitrogens is 2. The lowest BCUT2D eigenvalue weighted by molar-refractivity contribution is -0.144. The van der Waals surface area contributed by atoms with Crippen molar-refractivity contribution in [2.45, 2.75) is 18.4 Å². The van der Waals surface area contributed by atoms with Crippen molar-refractivity contribution < 1.29 is 28.5 Å². The molecule has 0 saturated heterocycles. The molecule has 0 aliphatic carbocycles. The number of nitrogens with zero attached hydrogens (tertiary/aromatic N) is 1. The van der Waals surface area contributed by atoms with Gasteiger partial charge in [-0.1, -0.05) is 0 Å². The van der Waals surface area contributed by atoms with Gasteiger partial charge in [0.2, 0.25) is 0 Å². The van der Waals surface area contributed by atoms with Crippen molar-refractivity contribution in [3.63, 3.8) is 0 Å². The van der Waals surface area contributed by atoms with Crippen molar-refractivity contribution in [3.05, 3.63) is 27.9 Å². The molecule has 0 amide bonds. The Bertz CT molecular complexity index is 445. The lowest BCUT2D eigenvalue weighted by atomic mass is 10.0. The first-order valence-electron chi connectivity index (χ1n) is 4.40. The maximum Gasteiger partial charge on any atom is 0.433 e. The van der Waals surface area contributed by atoms with Crippen LogP contribution in [0.15, 0.2) is 11.1 Å². The van der Waals surface area contributed by atoms with E-state index in [-0.39, 0.29) is 0 Å². The highest BCUT2D eigenvalue weighted by Crippen LogP contribution is 2.31. The molecule has 0 radical (unpaired) electrons. The second-order valence-corrected chi connectivity index (χ2v) is 3.19. The number of hydrogen-bond donors (Lipinski definition) is 4. The van der Waals surface area contributed by atoms with Crippen molar-refractivity contribution in [1.29, 1.82) is 0 Å². The van der Waals surface area contributed by atoms with Crippen molar-refractivity contribution in [2.24, 2.45) is 0 Å². The van der Waals surface area contributed by atoms with Gasteiger partial charge in [-0.05, 0) is 0 Å². The number of nitrogens with one attached hydrogen (secondary N) is 1. The Kier molecular flexibility index (Phi) is 3.86. The van der Waals surface area contributed by atoms with E-state index in [9.17, 15) is 23.1 Å². The smallest absolute Gasteiger partial charge is 0.394 e. The van der Waals surface area contributed by atoms with Crippen LogP contribution in [0.3, 0.4) is 0 Å². The topological polar surface area (TPSA) is 106 Å². The summed E-state index contributed by atoms with van der Waals surface area (Å²) in [7, 11) is 0. The van der Waals surface area contributed by atoms with Gasteiger partial charge in [0.05, 0.1) is 18.5 Å². The van der Waals surface area contributed by atoms with Crippen LogP contribution in [0, 0.1) is 0 Å². The van der Waals surface area contributed by atoms with E-state index in [2.05, 4.69) is 4.98 Å². The number of alkyl halides is 3. The molecule has 96 valence electrons. The van der Waals surface area contributed by atoms with Gasteiger partial charge < -0.3 is 20.3 Å². The van der Waals surface area contributed by atoms with E-state index in [0.717, 1.165) is 0 Å². The summed E-state index contributed by atoms with van der Waals surface area (Å²) in [5.74, 6) is 0. The third kappa shape index (κ3) is 2.81. The second-order valence-electron chi connectivity index (χ2n) is 3.19. The van der Waals surface area contributed by atoms with E-state index < -0.39 is 41.8 Å². The minimum absolute atomic E-state index is 0.534. The van der Waals surface area contributed by atoms with Crippen LogP contribution in [0.25, 0.3) is 0 Å². The first kappa shape index (κ1) is 13.6. The molecule has 1 aromatic rings. The summed E-state index contributed by atoms with van der Waals surface area (Å²) in [6.07, 6.45) is -8.48. The molecule has 0 aliphatic rings. The second kappa shape index (κ2) is 4.82. The van der Waals surface area contributed by atoms with Crippen LogP contribution in [-0.4, -0.2) is 38.0 Å². The molecule has 1 rings (SSSR count). The molecule has 4 N–H and O–H groups in total. The number of aliphatic hydroxyl groups excluding tert-OH is 3. The molecule has 1 heterocycles. The Balaban J connectivity index is 3.36. The van der Waals surface area contributed by atoms with Gasteiger partial charge in [0.1, 0.15) is 12.2 Å². The summed E-state index contributed by atoms with van der Waals surface area (Å²) in [6, 6.07) is 0. The summed E-state index contributed by atoms with van der Waals surface area (Å²) < 4.78 is 37.5. The minimum atomic E-state index is -4.94. The SMILES string of the molecule is O=c1[nH]cnc(C(F)(F)F)c1C(O)C(O)CO. The predicted octanol–water partition coefficient (Wildman–Crippen LogP) is -0.825. The van der Waals surface area contributed by atoms with E-state index in [1.165, 1.54) is 0 Å². The highest BCUT2D eigenvalue weighted by atomic mass is 19.4. The molecular formula is C8H9F3N2O4. The van der Waals surface area contributed by atoms with Gasteiger partial charge >= 0.3 is 6.18 Å². The van der Waals surface area contributed by atoms with Gasteiger partial charge in [0.25, 0.3) is 5.56 Å². The summed E-state index contributed by atoms with van der Waals surface area (Å²) in [4.78, 5) is 16.0. The van der Waals surface area contributed by atoms with Gasteiger partial charge in [0, 0.05) is 0 Å². The van der Waals surface area contributed by atoms with E-state index in [1.54, 1.807) is 0 Å². The molecule has 0 aromatic carbocycles. The quantitative estimate of drug-likeness (QED) is 0.563. The summed E-state index contributed by atoms with van der Waals surface area (Å²) in [5.41, 5.74) is -3.95. The fourth-order valence-electron chi connectivity index (χ4n) is 1.20. The van der Waals surface area contributed by atoms with Crippen LogP contribution in [0.2, 0.25) is 0 Å². The fourth-order valence-corrected chi connectivity index (χ4v) is 1.20. The average molecular weight is 254 g/mol. The summed E-state index contributed by atoms with van der Waals surface area (Å²) in [5, 5.41) is 26.9. The Morgan fingerprint density at radius 3 is 2.47 bits per heavy atom. The van der Waals surface area contributed by atoms with Gasteiger partial charge in [-0.25, -0.2) is 4.98 Å². The van der Waals surface area contributed by atoms with Crippen molar-refractivity contribution in [1.82, 2.24) is 9.97 Å². The van der Waals surface area contributed by atoms with E-state index >= 15 is 0 Å². The maximum atomic E-state index is 12.5. The number of halogens is 3. The van der Waals surface area contributed by atoms with Gasteiger partial charge in [-0.2, -0.15) is 13.2 Å². The molecular weight excluding hydrogens is 245 g/mol. The zero-order chi connectivity index (χ0) is 13.2. The lowest BCUT2D eigenvalue weighted by Gasteiger charge is -2.18. The summed E-state index contributed by atoms with van der Waals surface area (Å²) in [6.45, 7) is -0.993. The van der Waals surface area contributed by atoms with E-state index in [0.29, 0.717) is 6.33 Å². The minimum Gasteiger partial charge on any atom is -0.394 e.